The lowest BCUT2D eigenvalue weighted by molar-refractivity contribution is -0.118. The molecule has 0 aliphatic heterocycles. The predicted molar refractivity (Wildman–Crippen MR) is 116 cm³/mol. The Morgan fingerprint density at radius 2 is 1.76 bits per heavy atom. The van der Waals surface area contributed by atoms with E-state index in [0.717, 1.165) is 11.3 Å². The molecule has 29 heavy (non-hydrogen) atoms. The molecule has 2 aromatic rings. The molecule has 1 atom stereocenters. The minimum absolute atomic E-state index is 0.0879. The molecule has 4 N–H and O–H groups in total. The molecule has 0 fully saturated rings. The monoisotopic (exact) mass is 415 g/mol. The zero-order valence-corrected chi connectivity index (χ0v) is 17.3. The van der Waals surface area contributed by atoms with Crippen LogP contribution in [0.3, 0.4) is 0 Å². The van der Waals surface area contributed by atoms with Crippen LogP contribution in [0.5, 0.6) is 5.75 Å². The summed E-state index contributed by atoms with van der Waals surface area (Å²) in [5.74, 6) is -0.270. The van der Waals surface area contributed by atoms with Gasteiger partial charge < -0.3 is 21.1 Å². The van der Waals surface area contributed by atoms with E-state index in [9.17, 15) is 14.4 Å². The minimum atomic E-state index is -0.458. The maximum atomic E-state index is 12.5. The Balaban J connectivity index is 1.83. The van der Waals surface area contributed by atoms with E-state index in [1.807, 2.05) is 31.2 Å². The molecular weight excluding hydrogens is 390 g/mol. The number of carbonyl (C=O) groups is 3. The third-order valence-corrected chi connectivity index (χ3v) is 5.06. The Kier molecular flexibility index (Phi) is 8.54. The second-order valence-electron chi connectivity index (χ2n) is 6.42. The molecule has 0 aromatic heterocycles. The first-order valence-corrected chi connectivity index (χ1v) is 10.2. The van der Waals surface area contributed by atoms with Crippen LogP contribution in [-0.2, 0) is 14.4 Å². The van der Waals surface area contributed by atoms with Crippen LogP contribution in [0, 0.1) is 6.92 Å². The van der Waals surface area contributed by atoms with Gasteiger partial charge in [-0.25, -0.2) is 0 Å². The SMILES string of the molecule is Cc1ccc(NC(=O)CSC(C)C(=O)Nc2ccccc2OCCC(N)=O)cc1. The molecule has 0 saturated carbocycles. The summed E-state index contributed by atoms with van der Waals surface area (Å²) in [4.78, 5) is 35.4. The number of nitrogens with two attached hydrogens (primary N) is 1. The summed E-state index contributed by atoms with van der Waals surface area (Å²) in [5, 5.41) is 5.15. The van der Waals surface area contributed by atoms with Crippen molar-refractivity contribution in [2.75, 3.05) is 23.0 Å². The first-order valence-electron chi connectivity index (χ1n) is 9.14. The Morgan fingerprint density at radius 3 is 2.45 bits per heavy atom. The van der Waals surface area contributed by atoms with E-state index >= 15 is 0 Å². The van der Waals surface area contributed by atoms with E-state index in [1.165, 1.54) is 11.8 Å². The van der Waals surface area contributed by atoms with E-state index in [0.29, 0.717) is 11.4 Å². The molecule has 1 unspecified atom stereocenters. The van der Waals surface area contributed by atoms with E-state index in [4.69, 9.17) is 10.5 Å². The smallest absolute Gasteiger partial charge is 0.237 e. The number of hydrogen-bond acceptors (Lipinski definition) is 5. The highest BCUT2D eigenvalue weighted by atomic mass is 32.2. The van der Waals surface area contributed by atoms with Gasteiger partial charge in [-0.1, -0.05) is 29.8 Å². The molecule has 0 spiro atoms. The van der Waals surface area contributed by atoms with Gasteiger partial charge in [-0.3, -0.25) is 14.4 Å². The first kappa shape index (κ1) is 22.3. The van der Waals surface area contributed by atoms with Crippen molar-refractivity contribution in [3.63, 3.8) is 0 Å². The van der Waals surface area contributed by atoms with Crippen LogP contribution in [0.2, 0.25) is 0 Å². The summed E-state index contributed by atoms with van der Waals surface area (Å²) in [6.07, 6.45) is 0.0879. The van der Waals surface area contributed by atoms with Crippen molar-refractivity contribution in [1.82, 2.24) is 0 Å². The normalized spacial score (nSPS) is 11.4. The molecule has 154 valence electrons. The number of amides is 3. The van der Waals surface area contributed by atoms with Gasteiger partial charge in [0, 0.05) is 5.69 Å². The molecule has 2 rings (SSSR count). The van der Waals surface area contributed by atoms with Crippen LogP contribution in [0.1, 0.15) is 18.9 Å². The van der Waals surface area contributed by atoms with Gasteiger partial charge in [0.15, 0.2) is 0 Å². The number of para-hydroxylation sites is 2. The molecule has 0 aliphatic rings. The lowest BCUT2D eigenvalue weighted by Crippen LogP contribution is -2.25. The van der Waals surface area contributed by atoms with Gasteiger partial charge in [-0.15, -0.1) is 11.8 Å². The van der Waals surface area contributed by atoms with Crippen LogP contribution in [0.15, 0.2) is 48.5 Å². The van der Waals surface area contributed by atoms with Crippen molar-refractivity contribution in [3.05, 3.63) is 54.1 Å². The largest absolute Gasteiger partial charge is 0.491 e. The van der Waals surface area contributed by atoms with Crippen molar-refractivity contribution in [2.45, 2.75) is 25.5 Å². The Bertz CT molecular complexity index is 855. The summed E-state index contributed by atoms with van der Waals surface area (Å²) in [6, 6.07) is 14.4. The molecule has 8 heteroatoms. The summed E-state index contributed by atoms with van der Waals surface area (Å²) in [5.41, 5.74) is 7.44. The van der Waals surface area contributed by atoms with Crippen molar-refractivity contribution >= 4 is 40.9 Å². The minimum Gasteiger partial charge on any atom is -0.491 e. The molecule has 0 saturated heterocycles. The van der Waals surface area contributed by atoms with Crippen LogP contribution >= 0.6 is 11.8 Å². The third kappa shape index (κ3) is 7.87. The quantitative estimate of drug-likeness (QED) is 0.553. The fraction of sp³-hybridized carbons (Fsp3) is 0.286. The van der Waals surface area contributed by atoms with Gasteiger partial charge in [0.05, 0.1) is 29.7 Å². The Morgan fingerprint density at radius 1 is 1.07 bits per heavy atom. The summed E-state index contributed by atoms with van der Waals surface area (Å²) in [6.45, 7) is 3.84. The zero-order chi connectivity index (χ0) is 21.2. The molecule has 0 heterocycles. The standard InChI is InChI=1S/C21H25N3O4S/c1-14-7-9-16(10-8-14)23-20(26)13-29-15(2)21(27)24-17-5-3-4-6-18(17)28-12-11-19(22)25/h3-10,15H,11-13H2,1-2H3,(H2,22,25)(H,23,26)(H,24,27). The number of thioether (sulfide) groups is 1. The number of rotatable bonds is 10. The second kappa shape index (κ2) is 11.1. The highest BCUT2D eigenvalue weighted by Crippen LogP contribution is 2.25. The topological polar surface area (TPSA) is 111 Å². The zero-order valence-electron chi connectivity index (χ0n) is 16.4. The molecule has 0 radical (unpaired) electrons. The molecule has 7 nitrogen and oxygen atoms in total. The predicted octanol–water partition coefficient (Wildman–Crippen LogP) is 2.95. The Labute approximate surface area is 174 Å². The average Bonchev–Trinajstić information content (AvgIpc) is 2.69. The average molecular weight is 416 g/mol. The number of carbonyl (C=O) groups excluding carboxylic acids is 3. The Hall–Kier alpha value is -3.00. The van der Waals surface area contributed by atoms with Crippen LogP contribution in [0.4, 0.5) is 11.4 Å². The van der Waals surface area contributed by atoms with E-state index in [2.05, 4.69) is 10.6 Å². The second-order valence-corrected chi connectivity index (χ2v) is 7.75. The maximum Gasteiger partial charge on any atom is 0.237 e. The summed E-state index contributed by atoms with van der Waals surface area (Å²) in [7, 11) is 0. The molecule has 2 aromatic carbocycles. The van der Waals surface area contributed by atoms with Crippen LogP contribution in [-0.4, -0.2) is 35.3 Å². The number of primary amides is 1. The van der Waals surface area contributed by atoms with Gasteiger partial charge in [-0.2, -0.15) is 0 Å². The fourth-order valence-electron chi connectivity index (χ4n) is 2.30. The number of hydrogen-bond donors (Lipinski definition) is 3. The van der Waals surface area contributed by atoms with Gasteiger partial charge in [0.2, 0.25) is 17.7 Å². The van der Waals surface area contributed by atoms with Crippen LogP contribution in [0.25, 0.3) is 0 Å². The molecular formula is C21H25N3O4S. The third-order valence-electron chi connectivity index (χ3n) is 3.92. The van der Waals surface area contributed by atoms with Crippen molar-refractivity contribution in [1.29, 1.82) is 0 Å². The lowest BCUT2D eigenvalue weighted by Gasteiger charge is -2.15. The van der Waals surface area contributed by atoms with Gasteiger partial charge in [0.1, 0.15) is 5.75 Å². The summed E-state index contributed by atoms with van der Waals surface area (Å²) < 4.78 is 5.52. The first-order chi connectivity index (χ1) is 13.8. The van der Waals surface area contributed by atoms with Crippen molar-refractivity contribution in [3.8, 4) is 5.75 Å². The molecule has 3 amide bonds. The number of ether oxygens (including phenoxy) is 1. The van der Waals surface area contributed by atoms with Crippen molar-refractivity contribution in [2.24, 2.45) is 5.73 Å². The number of nitrogens with one attached hydrogen (secondary N) is 2. The van der Waals surface area contributed by atoms with Crippen molar-refractivity contribution < 1.29 is 19.1 Å². The summed E-state index contributed by atoms with van der Waals surface area (Å²) >= 11 is 1.24. The highest BCUT2D eigenvalue weighted by molar-refractivity contribution is 8.01. The fourth-order valence-corrected chi connectivity index (χ4v) is 2.99. The number of benzene rings is 2. The highest BCUT2D eigenvalue weighted by Gasteiger charge is 2.17. The molecule has 0 aliphatic carbocycles. The van der Waals surface area contributed by atoms with Gasteiger partial charge in [-0.05, 0) is 38.1 Å². The lowest BCUT2D eigenvalue weighted by atomic mass is 10.2. The van der Waals surface area contributed by atoms with E-state index in [-0.39, 0.29) is 30.6 Å². The van der Waals surface area contributed by atoms with E-state index in [1.54, 1.807) is 31.2 Å². The number of anilines is 2. The van der Waals surface area contributed by atoms with Crippen LogP contribution < -0.4 is 21.1 Å². The molecule has 0 bridgehead atoms. The van der Waals surface area contributed by atoms with E-state index < -0.39 is 11.2 Å². The number of aryl methyl sites for hydroxylation is 1. The van der Waals surface area contributed by atoms with Gasteiger partial charge >= 0.3 is 0 Å². The van der Waals surface area contributed by atoms with Gasteiger partial charge in [0.25, 0.3) is 0 Å². The maximum absolute atomic E-state index is 12.5.